The molecule has 0 bridgehead atoms. The Kier molecular flexibility index (Phi) is 3.05. The maximum Gasteiger partial charge on any atom is 0.360 e. The van der Waals surface area contributed by atoms with E-state index < -0.39 is 5.97 Å². The number of nitrogens with zero attached hydrogens (tertiary/aromatic N) is 2. The molecule has 2 rings (SSSR count). The van der Waals surface area contributed by atoms with E-state index in [1.54, 1.807) is 11.6 Å². The Morgan fingerprint density at radius 3 is 2.94 bits per heavy atom. The Labute approximate surface area is 98.5 Å². The number of rotatable bonds is 4. The maximum absolute atomic E-state index is 11.5. The fourth-order valence-corrected chi connectivity index (χ4v) is 1.68. The average Bonchev–Trinajstić information content (AvgIpc) is 3.01. The van der Waals surface area contributed by atoms with Crippen molar-refractivity contribution in [3.63, 3.8) is 0 Å². The van der Waals surface area contributed by atoms with Crippen LogP contribution in [0.3, 0.4) is 0 Å². The third-order valence-corrected chi connectivity index (χ3v) is 2.90. The maximum atomic E-state index is 11.5. The van der Waals surface area contributed by atoms with Gasteiger partial charge in [0.15, 0.2) is 5.69 Å². The molecule has 0 radical (unpaired) electrons. The molecular weight excluding hydrogens is 230 g/mol. The van der Waals surface area contributed by atoms with Crippen LogP contribution in [0.5, 0.6) is 0 Å². The number of aromatic nitrogens is 2. The fourth-order valence-electron chi connectivity index (χ4n) is 1.47. The number of carbonyl (C=O) groups excluding carboxylic acids is 1. The minimum Gasteiger partial charge on any atom is -0.461 e. The van der Waals surface area contributed by atoms with Crippen molar-refractivity contribution in [2.24, 2.45) is 5.92 Å². The highest BCUT2D eigenvalue weighted by Gasteiger charge is 2.26. The molecule has 1 saturated carbocycles. The first-order chi connectivity index (χ1) is 7.63. The van der Waals surface area contributed by atoms with Crippen molar-refractivity contribution < 1.29 is 9.53 Å². The van der Waals surface area contributed by atoms with Gasteiger partial charge in [-0.15, -0.1) is 0 Å². The average molecular weight is 244 g/mol. The van der Waals surface area contributed by atoms with Gasteiger partial charge in [-0.3, -0.25) is 0 Å². The van der Waals surface area contributed by atoms with E-state index in [1.807, 2.05) is 0 Å². The zero-order chi connectivity index (χ0) is 11.7. The molecular formula is C10H14ClN3O2. The molecule has 1 fully saturated rings. The molecule has 1 aromatic heterocycles. The smallest absolute Gasteiger partial charge is 0.360 e. The Morgan fingerprint density at radius 1 is 1.69 bits per heavy atom. The van der Waals surface area contributed by atoms with Crippen LogP contribution in [0, 0.1) is 5.92 Å². The van der Waals surface area contributed by atoms with Gasteiger partial charge in [-0.2, -0.15) is 5.10 Å². The second-order valence-corrected chi connectivity index (χ2v) is 4.27. The molecule has 16 heavy (non-hydrogen) atoms. The van der Waals surface area contributed by atoms with Gasteiger partial charge >= 0.3 is 5.97 Å². The lowest BCUT2D eigenvalue weighted by Crippen LogP contribution is -2.09. The van der Waals surface area contributed by atoms with Gasteiger partial charge in [0.2, 0.25) is 0 Å². The van der Waals surface area contributed by atoms with Gasteiger partial charge < -0.3 is 10.5 Å². The van der Waals surface area contributed by atoms with Crippen LogP contribution in [0.2, 0.25) is 5.02 Å². The zero-order valence-corrected chi connectivity index (χ0v) is 9.83. The van der Waals surface area contributed by atoms with E-state index >= 15 is 0 Å². The minimum atomic E-state index is -0.520. The summed E-state index contributed by atoms with van der Waals surface area (Å²) in [5, 5.41) is 4.29. The number of hydrogen-bond acceptors (Lipinski definition) is 4. The van der Waals surface area contributed by atoms with E-state index in [1.165, 1.54) is 12.8 Å². The summed E-state index contributed by atoms with van der Waals surface area (Å²) in [7, 11) is 0. The van der Waals surface area contributed by atoms with Crippen molar-refractivity contribution >= 4 is 23.4 Å². The summed E-state index contributed by atoms with van der Waals surface area (Å²) in [6, 6.07) is 0. The lowest BCUT2D eigenvalue weighted by molar-refractivity contribution is 0.0518. The molecule has 0 amide bonds. The van der Waals surface area contributed by atoms with Crippen molar-refractivity contribution in [1.82, 2.24) is 9.78 Å². The Bertz CT molecular complexity index is 412. The first-order valence-corrected chi connectivity index (χ1v) is 5.70. The predicted octanol–water partition coefficient (Wildman–Crippen LogP) is 1.71. The largest absolute Gasteiger partial charge is 0.461 e. The van der Waals surface area contributed by atoms with E-state index in [0.717, 1.165) is 6.54 Å². The van der Waals surface area contributed by atoms with Gasteiger partial charge in [0.05, 0.1) is 6.61 Å². The molecule has 5 nitrogen and oxygen atoms in total. The van der Waals surface area contributed by atoms with Crippen molar-refractivity contribution in [3.8, 4) is 0 Å². The summed E-state index contributed by atoms with van der Waals surface area (Å²) in [4.78, 5) is 11.5. The fraction of sp³-hybridized carbons (Fsp3) is 0.600. The third-order valence-electron chi connectivity index (χ3n) is 2.53. The van der Waals surface area contributed by atoms with Crippen LogP contribution < -0.4 is 5.73 Å². The quantitative estimate of drug-likeness (QED) is 0.818. The van der Waals surface area contributed by atoms with Crippen molar-refractivity contribution in [2.45, 2.75) is 26.3 Å². The number of anilines is 1. The van der Waals surface area contributed by atoms with Crippen LogP contribution in [-0.2, 0) is 11.3 Å². The molecule has 6 heteroatoms. The molecule has 0 aromatic carbocycles. The van der Waals surface area contributed by atoms with Crippen molar-refractivity contribution in [2.75, 3.05) is 12.3 Å². The Balaban J connectivity index is 2.21. The Morgan fingerprint density at radius 2 is 2.38 bits per heavy atom. The second-order valence-electron chi connectivity index (χ2n) is 3.89. The number of nitrogen functional groups attached to an aromatic ring is 1. The van der Waals surface area contributed by atoms with Gasteiger partial charge in [-0.1, -0.05) is 11.6 Å². The Hall–Kier alpha value is -1.23. The highest BCUT2D eigenvalue weighted by atomic mass is 35.5. The number of halogens is 1. The SMILES string of the molecule is CCOC(=O)c1nn(CC2CC2)c(N)c1Cl. The second kappa shape index (κ2) is 4.33. The molecule has 1 aliphatic carbocycles. The minimum absolute atomic E-state index is 0.113. The lowest BCUT2D eigenvalue weighted by atomic mass is 10.4. The van der Waals surface area contributed by atoms with Crippen LogP contribution in [0.4, 0.5) is 5.82 Å². The predicted molar refractivity (Wildman–Crippen MR) is 60.3 cm³/mol. The summed E-state index contributed by atoms with van der Waals surface area (Å²) >= 11 is 5.94. The topological polar surface area (TPSA) is 70.1 Å². The summed E-state index contributed by atoms with van der Waals surface area (Å²) < 4.78 is 6.43. The summed E-state index contributed by atoms with van der Waals surface area (Å²) in [5.74, 6) is 0.443. The summed E-state index contributed by atoms with van der Waals surface area (Å²) in [5.41, 5.74) is 5.89. The number of ether oxygens (including phenoxy) is 1. The van der Waals surface area contributed by atoms with Gasteiger partial charge in [0, 0.05) is 6.54 Å². The van der Waals surface area contributed by atoms with Crippen LogP contribution in [0.25, 0.3) is 0 Å². The third kappa shape index (κ3) is 2.14. The van der Waals surface area contributed by atoms with Crippen LogP contribution >= 0.6 is 11.6 Å². The molecule has 2 N–H and O–H groups in total. The monoisotopic (exact) mass is 243 g/mol. The first kappa shape index (κ1) is 11.3. The number of esters is 1. The van der Waals surface area contributed by atoms with Gasteiger partial charge in [0.25, 0.3) is 0 Å². The highest BCUT2D eigenvalue weighted by Crippen LogP contribution is 2.33. The van der Waals surface area contributed by atoms with E-state index in [4.69, 9.17) is 22.1 Å². The standard InChI is InChI=1S/C10H14ClN3O2/c1-2-16-10(15)8-7(11)9(12)14(13-8)5-6-3-4-6/h6H,2-5,12H2,1H3. The van der Waals surface area contributed by atoms with E-state index in [0.29, 0.717) is 18.3 Å². The lowest BCUT2D eigenvalue weighted by Gasteiger charge is -2.00. The van der Waals surface area contributed by atoms with Gasteiger partial charge in [-0.05, 0) is 25.7 Å². The molecule has 88 valence electrons. The molecule has 0 unspecified atom stereocenters. The number of carbonyl (C=O) groups is 1. The van der Waals surface area contributed by atoms with Crippen molar-refractivity contribution in [3.05, 3.63) is 10.7 Å². The van der Waals surface area contributed by atoms with Crippen LogP contribution in [-0.4, -0.2) is 22.4 Å². The molecule has 0 aliphatic heterocycles. The van der Waals surface area contributed by atoms with Gasteiger partial charge in [0.1, 0.15) is 10.8 Å². The van der Waals surface area contributed by atoms with Crippen LogP contribution in [0.15, 0.2) is 0 Å². The molecule has 1 aliphatic rings. The summed E-state index contributed by atoms with van der Waals surface area (Å²) in [6.07, 6.45) is 2.37. The highest BCUT2D eigenvalue weighted by molar-refractivity contribution is 6.35. The van der Waals surface area contributed by atoms with E-state index in [9.17, 15) is 4.79 Å². The molecule has 1 heterocycles. The van der Waals surface area contributed by atoms with Crippen LogP contribution in [0.1, 0.15) is 30.3 Å². The molecule has 0 spiro atoms. The molecule has 0 saturated heterocycles. The summed E-state index contributed by atoms with van der Waals surface area (Å²) in [6.45, 7) is 2.76. The number of nitrogens with two attached hydrogens (primary N) is 1. The first-order valence-electron chi connectivity index (χ1n) is 5.32. The van der Waals surface area contributed by atoms with Gasteiger partial charge in [-0.25, -0.2) is 9.48 Å². The zero-order valence-electron chi connectivity index (χ0n) is 9.07. The van der Waals surface area contributed by atoms with E-state index in [2.05, 4.69) is 5.10 Å². The van der Waals surface area contributed by atoms with E-state index in [-0.39, 0.29) is 10.7 Å². The molecule has 1 aromatic rings. The van der Waals surface area contributed by atoms with Crippen molar-refractivity contribution in [1.29, 1.82) is 0 Å². The normalized spacial score (nSPS) is 15.1. The number of hydrogen-bond donors (Lipinski definition) is 1. The molecule has 0 atom stereocenters.